The van der Waals surface area contributed by atoms with E-state index in [-0.39, 0.29) is 6.42 Å². The first-order valence-electron chi connectivity index (χ1n) is 6.02. The molecule has 0 aliphatic heterocycles. The Morgan fingerprint density at radius 1 is 1.39 bits per heavy atom. The Bertz CT molecular complexity index is 375. The highest BCUT2D eigenvalue weighted by Gasteiger charge is 2.23. The fourth-order valence-corrected chi connectivity index (χ4v) is 1.57. The van der Waals surface area contributed by atoms with Crippen LogP contribution in [-0.2, 0) is 9.53 Å². The molecule has 3 nitrogen and oxygen atoms in total. The maximum atomic E-state index is 11.5. The van der Waals surface area contributed by atoms with Crippen molar-refractivity contribution in [1.82, 2.24) is 0 Å². The number of ether oxygens (including phenoxy) is 1. The van der Waals surface area contributed by atoms with Crippen LogP contribution in [0.2, 0.25) is 19.6 Å². The quantitative estimate of drug-likeness (QED) is 0.486. The number of aliphatic hydroxyl groups is 1. The number of hydrogen-bond acceptors (Lipinski definition) is 3. The molecule has 1 unspecified atom stereocenters. The van der Waals surface area contributed by atoms with E-state index in [4.69, 9.17) is 4.74 Å². The highest BCUT2D eigenvalue weighted by Crippen LogP contribution is 2.12. The molecule has 0 aromatic rings. The van der Waals surface area contributed by atoms with Crippen LogP contribution in [0, 0.1) is 11.5 Å². The number of aliphatic hydroxyl groups excluding tert-OH is 1. The fourth-order valence-electron chi connectivity index (χ4n) is 1.01. The molecule has 0 aromatic heterocycles. The number of carbonyl (C=O) groups is 1. The minimum Gasteiger partial charge on any atom is -0.458 e. The topological polar surface area (TPSA) is 46.5 Å². The monoisotopic (exact) mass is 268 g/mol. The Kier molecular flexibility index (Phi) is 5.85. The molecule has 0 aliphatic rings. The van der Waals surface area contributed by atoms with Crippen molar-refractivity contribution >= 4 is 14.0 Å². The van der Waals surface area contributed by atoms with Gasteiger partial charge in [-0.1, -0.05) is 32.1 Å². The molecular formula is C14H24O3Si. The molecule has 0 heterocycles. The standard InChI is InChI=1S/C14H24O3Si/c1-11(8-9-18(5,6)7)10-12(15)13(16)17-14(2,3)4/h12,15H,1,10H2,2-7H3. The largest absolute Gasteiger partial charge is 0.458 e. The van der Waals surface area contributed by atoms with Crippen LogP contribution >= 0.6 is 0 Å². The van der Waals surface area contributed by atoms with Crippen molar-refractivity contribution in [2.45, 2.75) is 58.5 Å². The lowest BCUT2D eigenvalue weighted by molar-refractivity contribution is -0.164. The maximum Gasteiger partial charge on any atom is 0.335 e. The van der Waals surface area contributed by atoms with Gasteiger partial charge in [-0.15, -0.1) is 5.54 Å². The molecule has 0 aromatic carbocycles. The first-order valence-corrected chi connectivity index (χ1v) is 9.52. The third kappa shape index (κ3) is 9.03. The summed E-state index contributed by atoms with van der Waals surface area (Å²) in [5.41, 5.74) is 3.11. The van der Waals surface area contributed by atoms with Gasteiger partial charge in [-0.25, -0.2) is 4.79 Å². The van der Waals surface area contributed by atoms with Gasteiger partial charge in [0.1, 0.15) is 13.7 Å². The normalized spacial score (nSPS) is 13.3. The Hall–Kier alpha value is -1.05. The second-order valence-electron chi connectivity index (χ2n) is 6.36. The molecule has 0 rings (SSSR count). The van der Waals surface area contributed by atoms with Crippen molar-refractivity contribution in [2.75, 3.05) is 0 Å². The van der Waals surface area contributed by atoms with Crippen molar-refractivity contribution < 1.29 is 14.6 Å². The molecule has 102 valence electrons. The summed E-state index contributed by atoms with van der Waals surface area (Å²) in [5, 5.41) is 9.69. The second kappa shape index (κ2) is 6.21. The highest BCUT2D eigenvalue weighted by atomic mass is 28.3. The smallest absolute Gasteiger partial charge is 0.335 e. The van der Waals surface area contributed by atoms with Crippen molar-refractivity contribution in [2.24, 2.45) is 0 Å². The van der Waals surface area contributed by atoms with Crippen LogP contribution < -0.4 is 0 Å². The average molecular weight is 268 g/mol. The third-order valence-electron chi connectivity index (χ3n) is 1.73. The summed E-state index contributed by atoms with van der Waals surface area (Å²) < 4.78 is 5.08. The molecule has 0 fully saturated rings. The average Bonchev–Trinajstić information content (AvgIpc) is 2.10. The van der Waals surface area contributed by atoms with E-state index >= 15 is 0 Å². The van der Waals surface area contributed by atoms with Gasteiger partial charge in [0, 0.05) is 6.42 Å². The molecule has 0 amide bonds. The molecule has 1 N–H and O–H groups in total. The van der Waals surface area contributed by atoms with Gasteiger partial charge in [-0.05, 0) is 26.3 Å². The van der Waals surface area contributed by atoms with Gasteiger partial charge < -0.3 is 9.84 Å². The molecular weight excluding hydrogens is 244 g/mol. The van der Waals surface area contributed by atoms with Crippen LogP contribution in [0.1, 0.15) is 27.2 Å². The van der Waals surface area contributed by atoms with Gasteiger partial charge in [-0.2, -0.15) is 0 Å². The molecule has 0 saturated carbocycles. The van der Waals surface area contributed by atoms with E-state index < -0.39 is 25.7 Å². The van der Waals surface area contributed by atoms with Crippen LogP contribution in [0.4, 0.5) is 0 Å². The first kappa shape index (κ1) is 16.9. The predicted molar refractivity (Wildman–Crippen MR) is 76.7 cm³/mol. The van der Waals surface area contributed by atoms with E-state index in [2.05, 4.69) is 37.7 Å². The van der Waals surface area contributed by atoms with Gasteiger partial charge in [0.05, 0.1) is 0 Å². The molecule has 0 saturated heterocycles. The molecule has 4 heteroatoms. The van der Waals surface area contributed by atoms with E-state index in [0.29, 0.717) is 5.57 Å². The van der Waals surface area contributed by atoms with Crippen LogP contribution in [0.3, 0.4) is 0 Å². The van der Waals surface area contributed by atoms with Crippen molar-refractivity contribution in [1.29, 1.82) is 0 Å². The summed E-state index contributed by atoms with van der Waals surface area (Å²) >= 11 is 0. The summed E-state index contributed by atoms with van der Waals surface area (Å²) in [4.78, 5) is 11.5. The Morgan fingerprint density at radius 3 is 2.28 bits per heavy atom. The Morgan fingerprint density at radius 2 is 1.89 bits per heavy atom. The van der Waals surface area contributed by atoms with E-state index in [1.165, 1.54) is 0 Å². The van der Waals surface area contributed by atoms with Crippen LogP contribution in [0.5, 0.6) is 0 Å². The molecule has 0 spiro atoms. The molecule has 0 radical (unpaired) electrons. The zero-order valence-electron chi connectivity index (χ0n) is 12.3. The van der Waals surface area contributed by atoms with E-state index in [0.717, 1.165) is 0 Å². The van der Waals surface area contributed by atoms with E-state index in [1.807, 2.05) is 0 Å². The number of esters is 1. The summed E-state index contributed by atoms with van der Waals surface area (Å²) in [6.07, 6.45) is -1.06. The molecule has 0 bridgehead atoms. The van der Waals surface area contributed by atoms with E-state index in [9.17, 15) is 9.90 Å². The second-order valence-corrected chi connectivity index (χ2v) is 11.1. The lowest BCUT2D eigenvalue weighted by atomic mass is 10.1. The minimum absolute atomic E-state index is 0.131. The SMILES string of the molecule is C=C(C#C[Si](C)(C)C)CC(O)C(=O)OC(C)(C)C. The van der Waals surface area contributed by atoms with Gasteiger partial charge in [0.2, 0.25) is 0 Å². The van der Waals surface area contributed by atoms with Crippen molar-refractivity contribution in [3.05, 3.63) is 12.2 Å². The third-order valence-corrected chi connectivity index (χ3v) is 2.61. The van der Waals surface area contributed by atoms with Crippen molar-refractivity contribution in [3.8, 4) is 11.5 Å². The Balaban J connectivity index is 4.40. The van der Waals surface area contributed by atoms with Crippen molar-refractivity contribution in [3.63, 3.8) is 0 Å². The van der Waals surface area contributed by atoms with Crippen LogP contribution in [0.15, 0.2) is 12.2 Å². The molecule has 0 aliphatic carbocycles. The predicted octanol–water partition coefficient (Wildman–Crippen LogP) is 2.52. The number of carbonyl (C=O) groups excluding carboxylic acids is 1. The van der Waals surface area contributed by atoms with Gasteiger partial charge >= 0.3 is 5.97 Å². The first-order chi connectivity index (χ1) is 7.91. The van der Waals surface area contributed by atoms with Crippen LogP contribution in [-0.4, -0.2) is 30.9 Å². The lowest BCUT2D eigenvalue weighted by Crippen LogP contribution is -2.31. The minimum atomic E-state index is -1.46. The number of rotatable bonds is 3. The summed E-state index contributed by atoms with van der Waals surface area (Å²) in [6.45, 7) is 15.4. The lowest BCUT2D eigenvalue weighted by Gasteiger charge is -2.21. The maximum absolute atomic E-state index is 11.5. The zero-order chi connectivity index (χ0) is 14.6. The molecule has 18 heavy (non-hydrogen) atoms. The number of hydrogen-bond donors (Lipinski definition) is 1. The summed E-state index contributed by atoms with van der Waals surface area (Å²) in [7, 11) is -1.46. The van der Waals surface area contributed by atoms with Crippen LogP contribution in [0.25, 0.3) is 0 Å². The van der Waals surface area contributed by atoms with Gasteiger partial charge in [-0.3, -0.25) is 0 Å². The Labute approximate surface area is 111 Å². The van der Waals surface area contributed by atoms with E-state index in [1.54, 1.807) is 20.8 Å². The summed E-state index contributed by atoms with van der Waals surface area (Å²) in [6, 6.07) is 0. The molecule has 1 atom stereocenters. The van der Waals surface area contributed by atoms with Gasteiger partial charge in [0.25, 0.3) is 0 Å². The van der Waals surface area contributed by atoms with Gasteiger partial charge in [0.15, 0.2) is 6.10 Å². The summed E-state index contributed by atoms with van der Waals surface area (Å²) in [5.74, 6) is 2.29. The fraction of sp³-hybridized carbons (Fsp3) is 0.643. The highest BCUT2D eigenvalue weighted by molar-refractivity contribution is 6.83. The zero-order valence-corrected chi connectivity index (χ0v) is 13.3.